The molecule has 8 aromatic rings. The summed E-state index contributed by atoms with van der Waals surface area (Å²) in [6, 6.07) is 29.7. The quantitative estimate of drug-likeness (QED) is 0.157. The van der Waals surface area contributed by atoms with Crippen LogP contribution in [0, 0.1) is 26.7 Å². The zero-order valence-corrected chi connectivity index (χ0v) is 33.8. The van der Waals surface area contributed by atoms with Crippen molar-refractivity contribution in [1.82, 2.24) is 14.9 Å². The van der Waals surface area contributed by atoms with E-state index in [1.165, 1.54) is 33.9 Å². The van der Waals surface area contributed by atoms with Crippen LogP contribution in [0.2, 0.25) is 0 Å². The molecule has 0 fully saturated rings. The fourth-order valence-electron chi connectivity index (χ4n) is 8.36. The summed E-state index contributed by atoms with van der Waals surface area (Å²) >= 11 is 3.21. The van der Waals surface area contributed by atoms with Crippen molar-refractivity contribution in [2.45, 2.75) is 40.8 Å². The Morgan fingerprint density at radius 3 is 1.45 bits per heavy atom. The Balaban J connectivity index is 1.19. The molecule has 5 nitrogen and oxygen atoms in total. The third kappa shape index (κ3) is 5.56. The van der Waals surface area contributed by atoms with Crippen LogP contribution in [0.1, 0.15) is 56.8 Å². The van der Waals surface area contributed by atoms with E-state index in [9.17, 15) is 22.8 Å². The van der Waals surface area contributed by atoms with Gasteiger partial charge in [-0.3, -0.25) is 14.5 Å². The Hall–Kier alpha value is -5.97. The summed E-state index contributed by atoms with van der Waals surface area (Å²) in [7, 11) is 0. The molecule has 2 aliphatic rings. The number of carbonyl (C=O) groups excluding carboxylic acids is 2. The zero-order valence-electron chi connectivity index (χ0n) is 32.1. The van der Waals surface area contributed by atoms with E-state index >= 15 is 0 Å². The maximum Gasteiger partial charge on any atom is 0.416 e. The fourth-order valence-corrected chi connectivity index (χ4v) is 10.8. The summed E-state index contributed by atoms with van der Waals surface area (Å²) < 4.78 is 40.2. The fraction of sp³-hybridized carbons (Fsp3) is 0.167. The third-order valence-electron chi connectivity index (χ3n) is 11.2. The average Bonchev–Trinajstić information content (AvgIpc) is 3.88. The lowest BCUT2D eigenvalue weighted by Crippen LogP contribution is -2.42. The normalized spacial score (nSPS) is 13.4. The number of aryl methyl sites for hydroxylation is 3. The number of imide groups is 1. The van der Waals surface area contributed by atoms with Gasteiger partial charge in [0, 0.05) is 70.2 Å². The van der Waals surface area contributed by atoms with Crippen molar-refractivity contribution in [1.29, 1.82) is 0 Å². The molecule has 4 heterocycles. The average molecular weight is 806 g/mol. The van der Waals surface area contributed by atoms with Gasteiger partial charge in [0.05, 0.1) is 28.0 Å². The Kier molecular flexibility index (Phi) is 8.17. The Bertz CT molecular complexity index is 3050. The summed E-state index contributed by atoms with van der Waals surface area (Å²) in [5, 5.41) is 1.45. The molecule has 0 spiro atoms. The number of amides is 2. The molecule has 0 saturated heterocycles. The van der Waals surface area contributed by atoms with Crippen LogP contribution in [0.25, 0.3) is 86.1 Å². The summed E-state index contributed by atoms with van der Waals surface area (Å²) in [4.78, 5) is 44.0. The van der Waals surface area contributed by atoms with Crippen LogP contribution in [-0.2, 0) is 6.18 Å². The highest BCUT2D eigenvalue weighted by Gasteiger charge is 2.38. The second kappa shape index (κ2) is 13.0. The van der Waals surface area contributed by atoms with Gasteiger partial charge >= 0.3 is 6.18 Å². The second-order valence-electron chi connectivity index (χ2n) is 15.7. The maximum atomic E-state index is 13.8. The van der Waals surface area contributed by atoms with E-state index in [0.29, 0.717) is 51.0 Å². The molecular formula is C48H34F3N3O2S2. The van der Waals surface area contributed by atoms with Crippen LogP contribution in [0.15, 0.2) is 97.1 Å². The summed E-state index contributed by atoms with van der Waals surface area (Å²) in [6.45, 7) is 10.5. The lowest BCUT2D eigenvalue weighted by molar-refractivity contribution is -0.137. The number of nitrogens with zero attached hydrogens (tertiary/aromatic N) is 3. The molecule has 286 valence electrons. The number of thiophene rings is 2. The van der Waals surface area contributed by atoms with Crippen LogP contribution >= 0.6 is 22.7 Å². The molecule has 58 heavy (non-hydrogen) atoms. The van der Waals surface area contributed by atoms with Crippen LogP contribution in [0.4, 0.5) is 13.2 Å². The highest BCUT2D eigenvalue weighted by molar-refractivity contribution is 7.19. The molecule has 1 aliphatic heterocycles. The number of alkyl halides is 3. The maximum absolute atomic E-state index is 13.8. The van der Waals surface area contributed by atoms with Crippen LogP contribution in [0.3, 0.4) is 0 Å². The van der Waals surface area contributed by atoms with Crippen LogP contribution in [0.5, 0.6) is 0 Å². The van der Waals surface area contributed by atoms with Gasteiger partial charge in [-0.2, -0.15) is 13.2 Å². The minimum absolute atomic E-state index is 0.116. The number of hydrogen-bond acceptors (Lipinski definition) is 6. The van der Waals surface area contributed by atoms with E-state index in [4.69, 9.17) is 9.97 Å². The smallest absolute Gasteiger partial charge is 0.274 e. The number of benzene rings is 5. The molecule has 10 heteroatoms. The lowest BCUT2D eigenvalue weighted by atomic mass is 9.90. The van der Waals surface area contributed by atoms with Gasteiger partial charge < -0.3 is 0 Å². The molecule has 0 atom stereocenters. The molecule has 0 N–H and O–H groups in total. The summed E-state index contributed by atoms with van der Waals surface area (Å²) in [6.07, 6.45) is -4.42. The van der Waals surface area contributed by atoms with Crippen molar-refractivity contribution in [3.63, 3.8) is 0 Å². The van der Waals surface area contributed by atoms with E-state index < -0.39 is 11.7 Å². The number of hydrogen-bond donors (Lipinski definition) is 0. The van der Waals surface area contributed by atoms with Gasteiger partial charge in [0.15, 0.2) is 0 Å². The first-order valence-electron chi connectivity index (χ1n) is 19.0. The Morgan fingerprint density at radius 2 is 1.00 bits per heavy atom. The largest absolute Gasteiger partial charge is 0.416 e. The number of halogens is 3. The van der Waals surface area contributed by atoms with Crippen LogP contribution in [-0.4, -0.2) is 33.2 Å². The second-order valence-corrected chi connectivity index (χ2v) is 17.8. The van der Waals surface area contributed by atoms with Crippen molar-refractivity contribution in [2.75, 3.05) is 6.54 Å². The molecule has 2 amide bonds. The van der Waals surface area contributed by atoms with Gasteiger partial charge in [0.1, 0.15) is 0 Å². The van der Waals surface area contributed by atoms with Gasteiger partial charge in [-0.15, -0.1) is 22.7 Å². The van der Waals surface area contributed by atoms with Crippen molar-refractivity contribution in [2.24, 2.45) is 5.92 Å². The van der Waals surface area contributed by atoms with Crippen LogP contribution < -0.4 is 0 Å². The number of carbonyl (C=O) groups is 2. The van der Waals surface area contributed by atoms with Gasteiger partial charge in [0.25, 0.3) is 11.8 Å². The van der Waals surface area contributed by atoms with Crippen molar-refractivity contribution in [3.8, 4) is 64.3 Å². The first kappa shape index (κ1) is 36.4. The minimum atomic E-state index is -4.42. The van der Waals surface area contributed by atoms with Crippen molar-refractivity contribution < 1.29 is 22.8 Å². The van der Waals surface area contributed by atoms with Gasteiger partial charge in [-0.1, -0.05) is 80.1 Å². The first-order chi connectivity index (χ1) is 27.8. The van der Waals surface area contributed by atoms with E-state index in [0.717, 1.165) is 76.0 Å². The summed E-state index contributed by atoms with van der Waals surface area (Å²) in [5.41, 5.74) is 11.6. The van der Waals surface area contributed by atoms with Gasteiger partial charge in [0.2, 0.25) is 0 Å². The van der Waals surface area contributed by atoms with E-state index in [1.807, 2.05) is 51.1 Å². The van der Waals surface area contributed by atoms with E-state index in [-0.39, 0.29) is 17.7 Å². The molecule has 0 unspecified atom stereocenters. The molecular weight excluding hydrogens is 772 g/mol. The predicted octanol–water partition coefficient (Wildman–Crippen LogP) is 13.4. The zero-order chi connectivity index (χ0) is 40.4. The number of aromatic nitrogens is 2. The minimum Gasteiger partial charge on any atom is -0.274 e. The molecule has 0 radical (unpaired) electrons. The van der Waals surface area contributed by atoms with E-state index in [1.54, 1.807) is 11.3 Å². The summed E-state index contributed by atoms with van der Waals surface area (Å²) in [5.74, 6) is -0.474. The highest BCUT2D eigenvalue weighted by Crippen LogP contribution is 2.52. The van der Waals surface area contributed by atoms with Gasteiger partial charge in [-0.05, 0) is 85.3 Å². The monoisotopic (exact) mass is 805 g/mol. The topological polar surface area (TPSA) is 63.2 Å². The van der Waals surface area contributed by atoms with Crippen molar-refractivity contribution in [3.05, 3.63) is 130 Å². The lowest BCUT2D eigenvalue weighted by Gasteiger charge is -2.28. The van der Waals surface area contributed by atoms with Crippen molar-refractivity contribution >= 4 is 56.3 Å². The molecule has 1 aliphatic carbocycles. The molecule has 5 aromatic carbocycles. The van der Waals surface area contributed by atoms with E-state index in [2.05, 4.69) is 56.3 Å². The highest BCUT2D eigenvalue weighted by atomic mass is 32.1. The first-order valence-corrected chi connectivity index (χ1v) is 20.7. The van der Waals surface area contributed by atoms with Gasteiger partial charge in [-0.25, -0.2) is 9.97 Å². The number of rotatable bonds is 6. The Morgan fingerprint density at radius 1 is 0.586 bits per heavy atom. The standard InChI is InChI=1S/C48H34F3N3O2S2/c1-23(2)22-54-46(55)32-16-14-30-38-31(15-17-33(39(32)38)47(54)56)41-40(30)52-42-34(44-25(4)20-36(57-44)27-8-6-24(3)7-9-27)18-19-35(43(42)53-41)45-26(5)21-37(58-45)28-10-12-29(13-11-28)48(49,50)51/h6-21,23H,22H2,1-5H3. The Labute approximate surface area is 340 Å². The molecule has 10 rings (SSSR count). The number of fused-ring (bicyclic) bond motifs is 4. The SMILES string of the molecule is Cc1ccc(-c2cc(C)c(-c3ccc(-c4sc(-c5ccc(C(F)(F)F)cc5)cc4C)c4nc5c(nc34)-c3ccc4c6c(ccc-5c36)C(=O)N(CC(C)C)C4=O)s2)cc1. The molecule has 0 saturated carbocycles. The molecule has 0 bridgehead atoms. The predicted molar refractivity (Wildman–Crippen MR) is 228 cm³/mol. The third-order valence-corrected chi connectivity index (χ3v) is 13.8. The molecule has 3 aromatic heterocycles.